The Morgan fingerprint density at radius 1 is 1.22 bits per heavy atom. The SMILES string of the molecule is Cc1c[nH]c2ncc(-c3cc4c(c(C5CCCN5)c3)CN(C(=O)[C@@H]3CCOC3)CC4)cc12. The number of carbonyl (C=O) groups excluding carboxylic acids is 1. The minimum atomic E-state index is 0.0336. The Morgan fingerprint density at radius 2 is 2.16 bits per heavy atom. The third-order valence-corrected chi connectivity index (χ3v) is 7.47. The molecule has 6 heteroatoms. The Morgan fingerprint density at radius 3 is 2.97 bits per heavy atom. The average molecular weight is 431 g/mol. The van der Waals surface area contributed by atoms with Gasteiger partial charge in [0.25, 0.3) is 0 Å². The number of aromatic nitrogens is 2. The summed E-state index contributed by atoms with van der Waals surface area (Å²) in [5.74, 6) is 0.298. The second-order valence-corrected chi connectivity index (χ2v) is 9.51. The third-order valence-electron chi connectivity index (χ3n) is 7.47. The number of H-pyrrole nitrogens is 1. The lowest BCUT2D eigenvalue weighted by Gasteiger charge is -2.33. The lowest BCUT2D eigenvalue weighted by Crippen LogP contribution is -2.40. The Labute approximate surface area is 188 Å². The van der Waals surface area contributed by atoms with Crippen molar-refractivity contribution in [2.24, 2.45) is 5.92 Å². The Balaban J connectivity index is 1.39. The zero-order valence-electron chi connectivity index (χ0n) is 18.6. The summed E-state index contributed by atoms with van der Waals surface area (Å²) >= 11 is 0. The molecule has 2 N–H and O–H groups in total. The highest BCUT2D eigenvalue weighted by molar-refractivity contribution is 5.85. The van der Waals surface area contributed by atoms with E-state index in [4.69, 9.17) is 4.74 Å². The van der Waals surface area contributed by atoms with E-state index in [-0.39, 0.29) is 11.8 Å². The van der Waals surface area contributed by atoms with Crippen LogP contribution in [0, 0.1) is 12.8 Å². The normalized spacial score (nSPS) is 23.1. The van der Waals surface area contributed by atoms with Gasteiger partial charge in [-0.05, 0) is 79.1 Å². The standard InChI is InChI=1S/C26H30N4O2/c1-16-12-28-25-21(16)11-20(13-29-25)19-9-17-4-7-30(26(31)18-5-8-32-15-18)14-23(17)22(10-19)24-3-2-6-27-24/h9-13,18,24,27H,2-8,14-15H2,1H3,(H,28,29)/t18-,24?/m1/s1. The lowest BCUT2D eigenvalue weighted by atomic mass is 9.86. The maximum atomic E-state index is 13.1. The van der Waals surface area contributed by atoms with E-state index >= 15 is 0 Å². The van der Waals surface area contributed by atoms with Crippen LogP contribution in [-0.2, 0) is 22.5 Å². The van der Waals surface area contributed by atoms with E-state index in [9.17, 15) is 4.79 Å². The van der Waals surface area contributed by atoms with Crippen LogP contribution in [0.2, 0.25) is 0 Å². The second-order valence-electron chi connectivity index (χ2n) is 9.51. The molecule has 1 amide bonds. The summed E-state index contributed by atoms with van der Waals surface area (Å²) in [6.07, 6.45) is 8.09. The Bertz CT molecular complexity index is 1170. The number of fused-ring (bicyclic) bond motifs is 2. The number of amides is 1. The van der Waals surface area contributed by atoms with E-state index in [2.05, 4.69) is 45.3 Å². The fourth-order valence-corrected chi connectivity index (χ4v) is 5.59. The molecule has 32 heavy (non-hydrogen) atoms. The molecule has 166 valence electrons. The largest absolute Gasteiger partial charge is 0.381 e. The smallest absolute Gasteiger partial charge is 0.228 e. The molecule has 2 fully saturated rings. The molecular formula is C26H30N4O2. The molecule has 1 aromatic carbocycles. The number of nitrogens with one attached hydrogen (secondary N) is 2. The molecule has 0 saturated carbocycles. The van der Waals surface area contributed by atoms with Gasteiger partial charge in [0.1, 0.15) is 5.65 Å². The summed E-state index contributed by atoms with van der Waals surface area (Å²) in [5.41, 5.74) is 8.63. The first-order valence-corrected chi connectivity index (χ1v) is 11.9. The first kappa shape index (κ1) is 19.9. The van der Waals surface area contributed by atoms with E-state index in [0.717, 1.165) is 43.6 Å². The maximum Gasteiger partial charge on any atom is 0.228 e. The predicted molar refractivity (Wildman–Crippen MR) is 124 cm³/mol. The first-order valence-electron chi connectivity index (χ1n) is 11.9. The van der Waals surface area contributed by atoms with Gasteiger partial charge >= 0.3 is 0 Å². The number of hydrogen-bond acceptors (Lipinski definition) is 4. The zero-order valence-corrected chi connectivity index (χ0v) is 18.6. The third kappa shape index (κ3) is 3.42. The van der Waals surface area contributed by atoms with Crippen molar-refractivity contribution >= 4 is 16.9 Å². The van der Waals surface area contributed by atoms with Crippen LogP contribution in [0.25, 0.3) is 22.2 Å². The van der Waals surface area contributed by atoms with Gasteiger partial charge in [0.15, 0.2) is 0 Å². The van der Waals surface area contributed by atoms with Gasteiger partial charge in [-0.3, -0.25) is 4.79 Å². The van der Waals surface area contributed by atoms with Crippen LogP contribution in [-0.4, -0.2) is 47.1 Å². The summed E-state index contributed by atoms with van der Waals surface area (Å²) < 4.78 is 5.48. The molecule has 3 aliphatic heterocycles. The first-order chi connectivity index (χ1) is 15.7. The van der Waals surface area contributed by atoms with Gasteiger partial charge in [0, 0.05) is 49.1 Å². The fourth-order valence-electron chi connectivity index (χ4n) is 5.59. The number of rotatable bonds is 3. The van der Waals surface area contributed by atoms with Crippen molar-refractivity contribution in [3.05, 3.63) is 52.8 Å². The molecule has 0 spiro atoms. The molecule has 5 heterocycles. The molecule has 2 saturated heterocycles. The quantitative estimate of drug-likeness (QED) is 0.662. The van der Waals surface area contributed by atoms with Crippen molar-refractivity contribution in [1.29, 1.82) is 0 Å². The molecule has 2 aromatic heterocycles. The van der Waals surface area contributed by atoms with E-state index < -0.39 is 0 Å². The molecule has 6 rings (SSSR count). The van der Waals surface area contributed by atoms with Crippen molar-refractivity contribution in [3.63, 3.8) is 0 Å². The van der Waals surface area contributed by atoms with Crippen LogP contribution in [0.4, 0.5) is 0 Å². The van der Waals surface area contributed by atoms with Gasteiger partial charge < -0.3 is 19.9 Å². The van der Waals surface area contributed by atoms with Crippen molar-refractivity contribution < 1.29 is 9.53 Å². The van der Waals surface area contributed by atoms with Gasteiger partial charge in [0.2, 0.25) is 5.91 Å². The molecule has 1 unspecified atom stereocenters. The molecule has 0 bridgehead atoms. The average Bonchev–Trinajstić information content (AvgIpc) is 3.60. The van der Waals surface area contributed by atoms with Crippen LogP contribution in [0.3, 0.4) is 0 Å². The summed E-state index contributed by atoms with van der Waals surface area (Å²) in [6.45, 7) is 5.96. The Hall–Kier alpha value is -2.70. The second kappa shape index (κ2) is 8.01. The molecule has 2 atom stereocenters. The molecule has 6 nitrogen and oxygen atoms in total. The van der Waals surface area contributed by atoms with Crippen molar-refractivity contribution in [3.8, 4) is 11.1 Å². The monoisotopic (exact) mass is 430 g/mol. The number of ether oxygens (including phenoxy) is 1. The summed E-state index contributed by atoms with van der Waals surface area (Å²) in [6, 6.07) is 7.29. The molecule has 3 aromatic rings. The van der Waals surface area contributed by atoms with Crippen LogP contribution in [0.15, 0.2) is 30.6 Å². The van der Waals surface area contributed by atoms with E-state index in [1.807, 2.05) is 12.4 Å². The van der Waals surface area contributed by atoms with Crippen molar-refractivity contribution in [1.82, 2.24) is 20.2 Å². The van der Waals surface area contributed by atoms with Crippen molar-refractivity contribution in [2.75, 3.05) is 26.3 Å². The summed E-state index contributed by atoms with van der Waals surface area (Å²) in [4.78, 5) is 23.1. The fraction of sp³-hybridized carbons (Fsp3) is 0.462. The highest BCUT2D eigenvalue weighted by atomic mass is 16.5. The molecular weight excluding hydrogens is 400 g/mol. The van der Waals surface area contributed by atoms with Gasteiger partial charge in [0.05, 0.1) is 12.5 Å². The van der Waals surface area contributed by atoms with Crippen LogP contribution < -0.4 is 5.32 Å². The van der Waals surface area contributed by atoms with Gasteiger partial charge in [-0.25, -0.2) is 4.98 Å². The Kier molecular flexibility index (Phi) is 5.00. The highest BCUT2D eigenvalue weighted by Crippen LogP contribution is 2.36. The number of hydrogen-bond donors (Lipinski definition) is 2. The number of pyridine rings is 1. The molecule has 0 radical (unpaired) electrons. The molecule has 0 aliphatic carbocycles. The van der Waals surface area contributed by atoms with E-state index in [1.165, 1.54) is 39.6 Å². The lowest BCUT2D eigenvalue weighted by molar-refractivity contribution is -0.136. The predicted octanol–water partition coefficient (Wildman–Crippen LogP) is 3.88. The van der Waals surface area contributed by atoms with Crippen LogP contribution >= 0.6 is 0 Å². The highest BCUT2D eigenvalue weighted by Gasteiger charge is 2.32. The number of nitrogens with zero attached hydrogens (tertiary/aromatic N) is 2. The van der Waals surface area contributed by atoms with E-state index in [1.54, 1.807) is 0 Å². The number of benzene rings is 1. The van der Waals surface area contributed by atoms with Gasteiger partial charge in [-0.2, -0.15) is 0 Å². The van der Waals surface area contributed by atoms with Crippen molar-refractivity contribution in [2.45, 2.75) is 45.2 Å². The number of aryl methyl sites for hydroxylation is 1. The zero-order chi connectivity index (χ0) is 21.7. The number of carbonyl (C=O) groups is 1. The topological polar surface area (TPSA) is 70.2 Å². The summed E-state index contributed by atoms with van der Waals surface area (Å²) in [5, 5.41) is 4.87. The summed E-state index contributed by atoms with van der Waals surface area (Å²) in [7, 11) is 0. The molecule has 3 aliphatic rings. The van der Waals surface area contributed by atoms with Crippen LogP contribution in [0.5, 0.6) is 0 Å². The maximum absolute atomic E-state index is 13.1. The van der Waals surface area contributed by atoms with Crippen LogP contribution in [0.1, 0.15) is 47.6 Å². The van der Waals surface area contributed by atoms with Gasteiger partial charge in [-0.15, -0.1) is 0 Å². The van der Waals surface area contributed by atoms with E-state index in [0.29, 0.717) is 25.8 Å². The number of aromatic amines is 1. The minimum absolute atomic E-state index is 0.0336. The minimum Gasteiger partial charge on any atom is -0.381 e. The van der Waals surface area contributed by atoms with Gasteiger partial charge in [-0.1, -0.05) is 6.07 Å².